The average Bonchev–Trinajstić information content (AvgIpc) is 2.32. The van der Waals surface area contributed by atoms with Crippen LogP contribution in [0.4, 0.5) is 5.69 Å². The summed E-state index contributed by atoms with van der Waals surface area (Å²) in [5.74, 6) is -1.02. The molecule has 1 heterocycles. The molecule has 1 fully saturated rings. The molecule has 2 amide bonds. The van der Waals surface area contributed by atoms with Crippen LogP contribution in [0.2, 0.25) is 0 Å². The number of hydrogen-bond acceptors (Lipinski definition) is 5. The quantitative estimate of drug-likeness (QED) is 0.521. The Bertz CT molecular complexity index is 669. The van der Waals surface area contributed by atoms with Gasteiger partial charge in [-0.2, -0.15) is 4.72 Å². The molecule has 0 spiro atoms. The van der Waals surface area contributed by atoms with E-state index >= 15 is 0 Å². The van der Waals surface area contributed by atoms with E-state index in [1.54, 1.807) is 13.0 Å². The van der Waals surface area contributed by atoms with Gasteiger partial charge in [-0.3, -0.25) is 14.9 Å². The number of benzene rings is 1. The zero-order chi connectivity index (χ0) is 14.9. The Hall–Kier alpha value is -1.93. The number of rotatable bonds is 3. The summed E-state index contributed by atoms with van der Waals surface area (Å²) in [5, 5.41) is 2.10. The Balaban J connectivity index is 2.23. The third kappa shape index (κ3) is 2.97. The largest absolute Gasteiger partial charge is 0.399 e. The molecule has 1 aromatic rings. The first-order chi connectivity index (χ1) is 9.29. The lowest BCUT2D eigenvalue weighted by molar-refractivity contribution is -0.134. The van der Waals surface area contributed by atoms with Gasteiger partial charge in [0, 0.05) is 12.1 Å². The first kappa shape index (κ1) is 14.5. The SMILES string of the molecule is Cc1cc(N)ccc1S(=O)(=O)NC1CCC(=O)NC1=O. The van der Waals surface area contributed by atoms with Crippen molar-refractivity contribution in [1.82, 2.24) is 10.0 Å². The molecule has 1 aromatic carbocycles. The van der Waals surface area contributed by atoms with E-state index in [0.29, 0.717) is 11.3 Å². The van der Waals surface area contributed by atoms with E-state index < -0.39 is 27.9 Å². The number of aryl methyl sites for hydroxylation is 1. The second-order valence-corrected chi connectivity index (χ2v) is 6.33. The van der Waals surface area contributed by atoms with Gasteiger partial charge in [0.2, 0.25) is 21.8 Å². The number of sulfonamides is 1. The number of anilines is 1. The highest BCUT2D eigenvalue weighted by Gasteiger charge is 2.31. The van der Waals surface area contributed by atoms with E-state index in [9.17, 15) is 18.0 Å². The summed E-state index contributed by atoms with van der Waals surface area (Å²) >= 11 is 0. The number of carbonyl (C=O) groups excluding carboxylic acids is 2. The molecule has 1 aliphatic rings. The van der Waals surface area contributed by atoms with Crippen LogP contribution in [0.3, 0.4) is 0 Å². The molecule has 1 atom stereocenters. The highest BCUT2D eigenvalue weighted by molar-refractivity contribution is 7.89. The number of nitrogen functional groups attached to an aromatic ring is 1. The normalized spacial score (nSPS) is 19.8. The van der Waals surface area contributed by atoms with Crippen molar-refractivity contribution in [3.8, 4) is 0 Å². The summed E-state index contributed by atoms with van der Waals surface area (Å²) in [6.07, 6.45) is 0.261. The highest BCUT2D eigenvalue weighted by atomic mass is 32.2. The van der Waals surface area contributed by atoms with Gasteiger partial charge in [0.05, 0.1) is 4.90 Å². The third-order valence-corrected chi connectivity index (χ3v) is 4.66. The fraction of sp³-hybridized carbons (Fsp3) is 0.333. The number of carbonyl (C=O) groups is 2. The Labute approximate surface area is 116 Å². The second kappa shape index (κ2) is 5.22. The highest BCUT2D eigenvalue weighted by Crippen LogP contribution is 2.19. The Morgan fingerprint density at radius 2 is 2.05 bits per heavy atom. The summed E-state index contributed by atoms with van der Waals surface area (Å²) in [6.45, 7) is 1.62. The van der Waals surface area contributed by atoms with Crippen LogP contribution in [0, 0.1) is 6.92 Å². The van der Waals surface area contributed by atoms with Crippen LogP contribution in [0.25, 0.3) is 0 Å². The molecule has 7 nitrogen and oxygen atoms in total. The van der Waals surface area contributed by atoms with Gasteiger partial charge in [-0.25, -0.2) is 8.42 Å². The van der Waals surface area contributed by atoms with Gasteiger partial charge in [0.25, 0.3) is 0 Å². The van der Waals surface area contributed by atoms with Gasteiger partial charge in [-0.15, -0.1) is 0 Å². The molecule has 108 valence electrons. The Morgan fingerprint density at radius 3 is 2.65 bits per heavy atom. The summed E-state index contributed by atoms with van der Waals surface area (Å²) in [7, 11) is -3.84. The Kier molecular flexibility index (Phi) is 3.78. The molecule has 0 saturated carbocycles. The fourth-order valence-electron chi connectivity index (χ4n) is 2.03. The standard InChI is InChI=1S/C12H15N3O4S/c1-7-6-8(13)2-4-10(7)20(18,19)15-9-3-5-11(16)14-12(9)17/h2,4,6,9,15H,3,5,13H2,1H3,(H,14,16,17). The Morgan fingerprint density at radius 1 is 1.35 bits per heavy atom. The topological polar surface area (TPSA) is 118 Å². The predicted octanol–water partition coefficient (Wildman–Crippen LogP) is -0.339. The van der Waals surface area contributed by atoms with Gasteiger partial charge >= 0.3 is 0 Å². The molecule has 0 aliphatic carbocycles. The number of amides is 2. The van der Waals surface area contributed by atoms with Crippen LogP contribution < -0.4 is 15.8 Å². The third-order valence-electron chi connectivity index (χ3n) is 3.03. The molecule has 1 aliphatic heterocycles. The molecular weight excluding hydrogens is 282 g/mol. The van der Waals surface area contributed by atoms with Gasteiger partial charge in [-0.1, -0.05) is 0 Å². The van der Waals surface area contributed by atoms with Crippen molar-refractivity contribution >= 4 is 27.5 Å². The van der Waals surface area contributed by atoms with Crippen molar-refractivity contribution in [2.24, 2.45) is 0 Å². The minimum absolute atomic E-state index is 0.0661. The molecular formula is C12H15N3O4S. The first-order valence-corrected chi connectivity index (χ1v) is 7.50. The molecule has 0 aromatic heterocycles. The number of nitrogens with two attached hydrogens (primary N) is 1. The molecule has 0 radical (unpaired) electrons. The number of imide groups is 1. The summed E-state index contributed by atoms with van der Waals surface area (Å²) in [6, 6.07) is 3.47. The zero-order valence-electron chi connectivity index (χ0n) is 10.8. The minimum atomic E-state index is -3.84. The molecule has 4 N–H and O–H groups in total. The number of hydrogen-bond donors (Lipinski definition) is 3. The maximum absolute atomic E-state index is 12.2. The van der Waals surface area contributed by atoms with Gasteiger partial charge < -0.3 is 5.73 Å². The molecule has 2 rings (SSSR count). The van der Waals surface area contributed by atoms with Crippen molar-refractivity contribution in [3.63, 3.8) is 0 Å². The smallest absolute Gasteiger partial charge is 0.244 e. The van der Waals surface area contributed by atoms with E-state index in [4.69, 9.17) is 5.73 Å². The van der Waals surface area contributed by atoms with Crippen molar-refractivity contribution in [1.29, 1.82) is 0 Å². The van der Waals surface area contributed by atoms with Crippen LogP contribution in [0.5, 0.6) is 0 Å². The lowest BCUT2D eigenvalue weighted by Crippen LogP contribution is -2.52. The van der Waals surface area contributed by atoms with Gasteiger partial charge in [-0.05, 0) is 37.1 Å². The maximum atomic E-state index is 12.2. The number of nitrogens with one attached hydrogen (secondary N) is 2. The monoisotopic (exact) mass is 297 g/mol. The van der Waals surface area contributed by atoms with E-state index in [1.165, 1.54) is 12.1 Å². The van der Waals surface area contributed by atoms with Gasteiger partial charge in [0.1, 0.15) is 6.04 Å². The molecule has 0 bridgehead atoms. The average molecular weight is 297 g/mol. The van der Waals surface area contributed by atoms with Gasteiger partial charge in [0.15, 0.2) is 0 Å². The molecule has 1 saturated heterocycles. The molecule has 8 heteroatoms. The zero-order valence-corrected chi connectivity index (χ0v) is 11.7. The minimum Gasteiger partial charge on any atom is -0.399 e. The van der Waals surface area contributed by atoms with Crippen molar-refractivity contribution in [3.05, 3.63) is 23.8 Å². The van der Waals surface area contributed by atoms with E-state index in [1.807, 2.05) is 0 Å². The maximum Gasteiger partial charge on any atom is 0.244 e. The fourth-order valence-corrected chi connectivity index (χ4v) is 3.49. The van der Waals surface area contributed by atoms with Crippen LogP contribution in [-0.4, -0.2) is 26.3 Å². The van der Waals surface area contributed by atoms with Crippen molar-refractivity contribution in [2.75, 3.05) is 5.73 Å². The molecule has 1 unspecified atom stereocenters. The summed E-state index contributed by atoms with van der Waals surface area (Å²) in [5.41, 5.74) is 6.53. The van der Waals surface area contributed by atoms with E-state index in [-0.39, 0.29) is 17.7 Å². The van der Waals surface area contributed by atoms with Crippen LogP contribution in [-0.2, 0) is 19.6 Å². The second-order valence-electron chi connectivity index (χ2n) is 4.65. The van der Waals surface area contributed by atoms with Crippen molar-refractivity contribution < 1.29 is 18.0 Å². The van der Waals surface area contributed by atoms with E-state index in [2.05, 4.69) is 10.0 Å². The first-order valence-electron chi connectivity index (χ1n) is 6.02. The number of piperidine rings is 1. The van der Waals surface area contributed by atoms with Crippen LogP contribution in [0.1, 0.15) is 18.4 Å². The van der Waals surface area contributed by atoms with Crippen LogP contribution in [0.15, 0.2) is 23.1 Å². The lowest BCUT2D eigenvalue weighted by atomic mass is 10.1. The van der Waals surface area contributed by atoms with Crippen molar-refractivity contribution in [2.45, 2.75) is 30.7 Å². The van der Waals surface area contributed by atoms with E-state index in [0.717, 1.165) is 0 Å². The summed E-state index contributed by atoms with van der Waals surface area (Å²) in [4.78, 5) is 22.7. The molecule has 20 heavy (non-hydrogen) atoms. The summed E-state index contributed by atoms with van der Waals surface area (Å²) < 4.78 is 26.8. The lowest BCUT2D eigenvalue weighted by Gasteiger charge is -2.22. The predicted molar refractivity (Wildman–Crippen MR) is 72.1 cm³/mol. The van der Waals surface area contributed by atoms with Crippen LogP contribution >= 0.6 is 0 Å².